The van der Waals surface area contributed by atoms with E-state index in [9.17, 15) is 22.8 Å². The molecule has 0 aromatic carbocycles. The number of hydrogen-bond acceptors (Lipinski definition) is 3. The number of likely N-dealkylation sites (tertiary alicyclic amines) is 1. The van der Waals surface area contributed by atoms with Crippen LogP contribution in [0, 0.1) is 5.92 Å². The average Bonchev–Trinajstić information content (AvgIpc) is 2.78. The van der Waals surface area contributed by atoms with E-state index in [2.05, 4.69) is 5.32 Å². The molecule has 1 amide bonds. The molecule has 0 bridgehead atoms. The Bertz CT molecular complexity index is 341. The smallest absolute Gasteiger partial charge is 0.403 e. The fraction of sp³-hybridized carbons (Fsp3) is 0.818. The van der Waals surface area contributed by atoms with Gasteiger partial charge in [-0.3, -0.25) is 9.59 Å². The lowest BCUT2D eigenvalue weighted by atomic mass is 10.1. The zero-order valence-corrected chi connectivity index (χ0v) is 10.5. The minimum absolute atomic E-state index is 0.288. The summed E-state index contributed by atoms with van der Waals surface area (Å²) in [6.45, 7) is 1.84. The van der Waals surface area contributed by atoms with Crippen LogP contribution in [0.3, 0.4) is 0 Å². The first-order valence-corrected chi connectivity index (χ1v) is 6.05. The summed E-state index contributed by atoms with van der Waals surface area (Å²) < 4.78 is 37.2. The number of halogens is 3. The molecular formula is C11H17F3N2O3. The molecule has 1 aliphatic heterocycles. The molecule has 0 radical (unpaired) electrons. The van der Waals surface area contributed by atoms with Crippen molar-refractivity contribution in [3.8, 4) is 0 Å². The van der Waals surface area contributed by atoms with Crippen LogP contribution in [0.15, 0.2) is 0 Å². The quantitative estimate of drug-likeness (QED) is 0.784. The number of amides is 1. The molecule has 2 unspecified atom stereocenters. The lowest BCUT2D eigenvalue weighted by molar-refractivity contribution is -0.192. The van der Waals surface area contributed by atoms with E-state index in [1.807, 2.05) is 0 Å². The van der Waals surface area contributed by atoms with Crippen molar-refractivity contribution in [3.05, 3.63) is 0 Å². The van der Waals surface area contributed by atoms with Crippen molar-refractivity contribution in [3.63, 3.8) is 0 Å². The maximum absolute atomic E-state index is 12.4. The minimum Gasteiger partial charge on any atom is -0.481 e. The third-order valence-electron chi connectivity index (χ3n) is 3.11. The molecule has 0 aromatic rings. The van der Waals surface area contributed by atoms with Gasteiger partial charge in [-0.1, -0.05) is 0 Å². The largest absolute Gasteiger partial charge is 0.481 e. The Hall–Kier alpha value is -1.31. The molecular weight excluding hydrogens is 265 g/mol. The Morgan fingerprint density at radius 3 is 2.26 bits per heavy atom. The standard InChI is InChI=1S/C11H17F3N2O3/c1-7(9(17)16-4-2-3-5-16)15-6-8(10(18)19)11(12,13)14/h7-8,15H,2-6H2,1H3,(H,18,19). The molecule has 0 aliphatic carbocycles. The summed E-state index contributed by atoms with van der Waals surface area (Å²) in [5.41, 5.74) is 0. The number of carboxylic acid groups (broad SMARTS) is 1. The lowest BCUT2D eigenvalue weighted by Crippen LogP contribution is -2.48. The van der Waals surface area contributed by atoms with Crippen LogP contribution in [0.1, 0.15) is 19.8 Å². The fourth-order valence-corrected chi connectivity index (χ4v) is 1.94. The molecule has 19 heavy (non-hydrogen) atoms. The molecule has 0 spiro atoms. The molecule has 110 valence electrons. The molecule has 2 N–H and O–H groups in total. The van der Waals surface area contributed by atoms with Crippen LogP contribution in [0.5, 0.6) is 0 Å². The number of hydrogen-bond donors (Lipinski definition) is 2. The summed E-state index contributed by atoms with van der Waals surface area (Å²) in [6, 6.07) is -0.817. The Morgan fingerprint density at radius 2 is 1.84 bits per heavy atom. The van der Waals surface area contributed by atoms with Gasteiger partial charge >= 0.3 is 12.1 Å². The average molecular weight is 282 g/mol. The summed E-state index contributed by atoms with van der Waals surface area (Å²) in [5, 5.41) is 10.9. The zero-order valence-electron chi connectivity index (χ0n) is 10.5. The van der Waals surface area contributed by atoms with Gasteiger partial charge in [-0.05, 0) is 19.8 Å². The molecule has 1 rings (SSSR count). The van der Waals surface area contributed by atoms with Crippen LogP contribution in [-0.4, -0.2) is 53.7 Å². The maximum atomic E-state index is 12.4. The van der Waals surface area contributed by atoms with Crippen LogP contribution in [0.2, 0.25) is 0 Å². The minimum atomic E-state index is -4.82. The molecule has 1 fully saturated rings. The van der Waals surface area contributed by atoms with Gasteiger partial charge in [-0.15, -0.1) is 0 Å². The number of carbonyl (C=O) groups excluding carboxylic acids is 1. The third kappa shape index (κ3) is 4.38. The number of nitrogens with one attached hydrogen (secondary N) is 1. The highest BCUT2D eigenvalue weighted by Gasteiger charge is 2.45. The van der Waals surface area contributed by atoms with E-state index in [1.54, 1.807) is 4.90 Å². The van der Waals surface area contributed by atoms with E-state index in [0.717, 1.165) is 12.8 Å². The highest BCUT2D eigenvalue weighted by atomic mass is 19.4. The third-order valence-corrected chi connectivity index (χ3v) is 3.11. The second-order valence-corrected chi connectivity index (χ2v) is 4.59. The van der Waals surface area contributed by atoms with E-state index in [1.165, 1.54) is 6.92 Å². The first-order chi connectivity index (χ1) is 8.73. The van der Waals surface area contributed by atoms with Crippen molar-refractivity contribution in [1.82, 2.24) is 10.2 Å². The van der Waals surface area contributed by atoms with Gasteiger partial charge < -0.3 is 15.3 Å². The number of aliphatic carboxylic acids is 1. The van der Waals surface area contributed by atoms with Gasteiger partial charge in [0, 0.05) is 19.6 Å². The van der Waals surface area contributed by atoms with Crippen molar-refractivity contribution in [2.75, 3.05) is 19.6 Å². The predicted molar refractivity (Wildman–Crippen MR) is 60.5 cm³/mol. The van der Waals surface area contributed by atoms with E-state index < -0.39 is 30.7 Å². The molecule has 5 nitrogen and oxygen atoms in total. The Morgan fingerprint density at radius 1 is 1.32 bits per heavy atom. The number of carbonyl (C=O) groups is 2. The van der Waals surface area contributed by atoms with E-state index in [4.69, 9.17) is 5.11 Å². The highest BCUT2D eigenvalue weighted by molar-refractivity contribution is 5.81. The molecule has 0 saturated carbocycles. The highest BCUT2D eigenvalue weighted by Crippen LogP contribution is 2.26. The summed E-state index contributed by atoms with van der Waals surface area (Å²) in [6.07, 6.45) is -3.05. The van der Waals surface area contributed by atoms with Gasteiger partial charge in [0.2, 0.25) is 5.91 Å². The second-order valence-electron chi connectivity index (χ2n) is 4.59. The van der Waals surface area contributed by atoms with Crippen LogP contribution in [-0.2, 0) is 9.59 Å². The molecule has 1 saturated heterocycles. The van der Waals surface area contributed by atoms with Crippen molar-refractivity contribution < 1.29 is 27.9 Å². The Labute approximate surface area is 108 Å². The van der Waals surface area contributed by atoms with Gasteiger partial charge in [-0.2, -0.15) is 13.2 Å². The number of carboxylic acids is 1. The second kappa shape index (κ2) is 6.23. The number of alkyl halides is 3. The first kappa shape index (κ1) is 15.7. The predicted octanol–water partition coefficient (Wildman–Crippen LogP) is 0.850. The lowest BCUT2D eigenvalue weighted by Gasteiger charge is -2.23. The molecule has 1 aliphatic rings. The van der Waals surface area contributed by atoms with E-state index in [-0.39, 0.29) is 5.91 Å². The van der Waals surface area contributed by atoms with Crippen molar-refractivity contribution >= 4 is 11.9 Å². The molecule has 1 heterocycles. The van der Waals surface area contributed by atoms with Gasteiger partial charge in [-0.25, -0.2) is 0 Å². The maximum Gasteiger partial charge on any atom is 0.403 e. The summed E-state index contributed by atoms with van der Waals surface area (Å²) in [7, 11) is 0. The molecule has 8 heteroatoms. The van der Waals surface area contributed by atoms with Crippen LogP contribution in [0.4, 0.5) is 13.2 Å². The van der Waals surface area contributed by atoms with E-state index >= 15 is 0 Å². The fourth-order valence-electron chi connectivity index (χ4n) is 1.94. The SMILES string of the molecule is CC(NCC(C(=O)O)C(F)(F)F)C(=O)N1CCCC1. The summed E-state index contributed by atoms with van der Waals surface area (Å²) >= 11 is 0. The normalized spacial score (nSPS) is 19.3. The topological polar surface area (TPSA) is 69.6 Å². The van der Waals surface area contributed by atoms with E-state index in [0.29, 0.717) is 13.1 Å². The monoisotopic (exact) mass is 282 g/mol. The van der Waals surface area contributed by atoms with Gasteiger partial charge in [0.1, 0.15) is 0 Å². The Kier molecular flexibility index (Phi) is 5.16. The molecule has 0 aromatic heterocycles. The number of nitrogens with zero attached hydrogens (tertiary/aromatic N) is 1. The number of rotatable bonds is 5. The van der Waals surface area contributed by atoms with Crippen molar-refractivity contribution in [2.24, 2.45) is 5.92 Å². The van der Waals surface area contributed by atoms with Crippen molar-refractivity contribution in [2.45, 2.75) is 32.0 Å². The zero-order chi connectivity index (χ0) is 14.6. The first-order valence-electron chi connectivity index (χ1n) is 6.05. The van der Waals surface area contributed by atoms with Crippen LogP contribution >= 0.6 is 0 Å². The van der Waals surface area contributed by atoms with Gasteiger partial charge in [0.25, 0.3) is 0 Å². The van der Waals surface area contributed by atoms with Gasteiger partial charge in [0.05, 0.1) is 6.04 Å². The van der Waals surface area contributed by atoms with Crippen LogP contribution in [0.25, 0.3) is 0 Å². The summed E-state index contributed by atoms with van der Waals surface area (Å²) in [5.74, 6) is -4.73. The van der Waals surface area contributed by atoms with Crippen molar-refractivity contribution in [1.29, 1.82) is 0 Å². The van der Waals surface area contributed by atoms with Gasteiger partial charge in [0.15, 0.2) is 5.92 Å². The Balaban J connectivity index is 2.49. The molecule has 2 atom stereocenters. The van der Waals surface area contributed by atoms with Crippen LogP contribution < -0.4 is 5.32 Å². The summed E-state index contributed by atoms with van der Waals surface area (Å²) in [4.78, 5) is 23.9.